The van der Waals surface area contributed by atoms with Gasteiger partial charge in [0.05, 0.1) is 4.90 Å². The normalized spacial score (nSPS) is 10.0. The Morgan fingerprint density at radius 2 is 2.14 bits per heavy atom. The zero-order chi connectivity index (χ0) is 10.7. The van der Waals surface area contributed by atoms with Crippen LogP contribution in [-0.4, -0.2) is 29.7 Å². The summed E-state index contributed by atoms with van der Waals surface area (Å²) in [5.74, 6) is -0.753. The third-order valence-corrected chi connectivity index (χ3v) is 2.59. The Hall–Kier alpha value is -0.845. The van der Waals surface area contributed by atoms with Gasteiger partial charge in [-0.05, 0) is 6.26 Å². The van der Waals surface area contributed by atoms with Crippen LogP contribution in [0.2, 0.25) is 0 Å². The Morgan fingerprint density at radius 3 is 2.57 bits per heavy atom. The van der Waals surface area contributed by atoms with Crippen LogP contribution < -0.4 is 5.46 Å². The van der Waals surface area contributed by atoms with Crippen molar-refractivity contribution >= 4 is 30.6 Å². The summed E-state index contributed by atoms with van der Waals surface area (Å²) in [6.45, 7) is 0. The zero-order valence-corrected chi connectivity index (χ0v) is 8.21. The van der Waals surface area contributed by atoms with E-state index in [1.807, 2.05) is 0 Å². The summed E-state index contributed by atoms with van der Waals surface area (Å²) in [6.07, 6.45) is 2.14. The fourth-order valence-electron chi connectivity index (χ4n) is 1.09. The minimum Gasteiger partial charge on any atom is -0.423 e. The van der Waals surface area contributed by atoms with E-state index < -0.39 is 12.9 Å². The molecule has 3 nitrogen and oxygen atoms in total. The highest BCUT2D eigenvalue weighted by Crippen LogP contribution is 2.21. The molecule has 6 heteroatoms. The molecular formula is C8H8BFO3S. The van der Waals surface area contributed by atoms with Gasteiger partial charge in [-0.3, -0.25) is 4.79 Å². The predicted octanol–water partition coefficient (Wildman–Crippen LogP) is 0.0399. The van der Waals surface area contributed by atoms with Gasteiger partial charge in [0.2, 0.25) is 0 Å². The van der Waals surface area contributed by atoms with Gasteiger partial charge in [-0.1, -0.05) is 12.1 Å². The van der Waals surface area contributed by atoms with Crippen LogP contribution in [0.15, 0.2) is 17.0 Å². The number of thioether (sulfide) groups is 1. The lowest BCUT2D eigenvalue weighted by molar-refractivity contribution is 0.112. The van der Waals surface area contributed by atoms with E-state index in [9.17, 15) is 9.18 Å². The molecule has 0 saturated carbocycles. The number of hydrogen-bond acceptors (Lipinski definition) is 4. The smallest absolute Gasteiger partial charge is 0.423 e. The summed E-state index contributed by atoms with van der Waals surface area (Å²) in [5, 5.41) is 17.6. The summed E-state index contributed by atoms with van der Waals surface area (Å²) in [4.78, 5) is 10.6. The van der Waals surface area contributed by atoms with Crippen LogP contribution in [0.4, 0.5) is 4.39 Å². The average Bonchev–Trinajstić information content (AvgIpc) is 2.16. The van der Waals surface area contributed by atoms with Crippen molar-refractivity contribution in [3.05, 3.63) is 23.5 Å². The van der Waals surface area contributed by atoms with Crippen LogP contribution in [-0.2, 0) is 0 Å². The molecule has 0 aromatic heterocycles. The standard InChI is InChI=1S/C8H8BFO3S/c1-14-8-5(4-11)2-3-6(7(8)10)9(12)13/h2-4,12-13H,1H3. The summed E-state index contributed by atoms with van der Waals surface area (Å²) in [7, 11) is -1.86. The summed E-state index contributed by atoms with van der Waals surface area (Å²) >= 11 is 1.05. The molecule has 1 aromatic rings. The Kier molecular flexibility index (Phi) is 3.68. The summed E-state index contributed by atoms with van der Waals surface area (Å²) in [6, 6.07) is 2.54. The number of hydrogen-bond donors (Lipinski definition) is 2. The Labute approximate surface area is 85.1 Å². The van der Waals surface area contributed by atoms with Gasteiger partial charge < -0.3 is 10.0 Å². The van der Waals surface area contributed by atoms with Crippen LogP contribution in [0.3, 0.4) is 0 Å². The van der Waals surface area contributed by atoms with Crippen molar-refractivity contribution in [2.24, 2.45) is 0 Å². The molecule has 1 rings (SSSR count). The molecule has 0 spiro atoms. The summed E-state index contributed by atoms with van der Waals surface area (Å²) < 4.78 is 13.5. The van der Waals surface area contributed by atoms with Gasteiger partial charge in [0.15, 0.2) is 6.29 Å². The molecule has 0 fully saturated rings. The van der Waals surface area contributed by atoms with E-state index in [0.717, 1.165) is 11.8 Å². The topological polar surface area (TPSA) is 57.5 Å². The first-order valence-corrected chi connectivity index (χ1v) is 5.02. The number of halogens is 1. The lowest BCUT2D eigenvalue weighted by Gasteiger charge is -2.07. The number of carbonyl (C=O) groups excluding carboxylic acids is 1. The number of benzene rings is 1. The highest BCUT2D eigenvalue weighted by molar-refractivity contribution is 7.98. The molecule has 0 unspecified atom stereocenters. The van der Waals surface area contributed by atoms with Gasteiger partial charge in [0.25, 0.3) is 0 Å². The molecule has 74 valence electrons. The van der Waals surface area contributed by atoms with Crippen molar-refractivity contribution in [3.8, 4) is 0 Å². The molecule has 14 heavy (non-hydrogen) atoms. The van der Waals surface area contributed by atoms with Gasteiger partial charge in [-0.2, -0.15) is 0 Å². The highest BCUT2D eigenvalue weighted by atomic mass is 32.2. The molecule has 0 radical (unpaired) electrons. The molecule has 0 heterocycles. The first-order chi connectivity index (χ1) is 6.61. The molecular weight excluding hydrogens is 206 g/mol. The Balaban J connectivity index is 3.34. The van der Waals surface area contributed by atoms with Gasteiger partial charge in [-0.15, -0.1) is 11.8 Å². The molecule has 2 N–H and O–H groups in total. The van der Waals surface area contributed by atoms with Crippen molar-refractivity contribution in [2.75, 3.05) is 6.26 Å². The minimum absolute atomic E-state index is 0.130. The van der Waals surface area contributed by atoms with Crippen molar-refractivity contribution < 1.29 is 19.2 Å². The van der Waals surface area contributed by atoms with E-state index in [4.69, 9.17) is 10.0 Å². The second-order valence-corrected chi connectivity index (χ2v) is 3.40. The Bertz CT molecular complexity index is 357. The number of aldehydes is 1. The molecule has 0 aliphatic heterocycles. The average molecular weight is 214 g/mol. The SMILES string of the molecule is CSc1c(C=O)ccc(B(O)O)c1F. The maximum absolute atomic E-state index is 13.5. The van der Waals surface area contributed by atoms with Gasteiger partial charge in [0.1, 0.15) is 5.82 Å². The van der Waals surface area contributed by atoms with Crippen LogP contribution in [0.5, 0.6) is 0 Å². The van der Waals surface area contributed by atoms with E-state index in [0.29, 0.717) is 6.29 Å². The lowest BCUT2D eigenvalue weighted by atomic mass is 9.79. The second-order valence-electron chi connectivity index (χ2n) is 2.58. The van der Waals surface area contributed by atoms with Gasteiger partial charge in [0, 0.05) is 11.0 Å². The van der Waals surface area contributed by atoms with Gasteiger partial charge >= 0.3 is 7.12 Å². The van der Waals surface area contributed by atoms with Crippen LogP contribution in [0.25, 0.3) is 0 Å². The molecule has 0 saturated heterocycles. The summed E-state index contributed by atoms with van der Waals surface area (Å²) in [5.41, 5.74) is -0.0145. The maximum atomic E-state index is 13.5. The number of rotatable bonds is 3. The fraction of sp³-hybridized carbons (Fsp3) is 0.125. The van der Waals surface area contributed by atoms with E-state index in [-0.39, 0.29) is 15.9 Å². The van der Waals surface area contributed by atoms with E-state index in [1.165, 1.54) is 12.1 Å². The van der Waals surface area contributed by atoms with Crippen LogP contribution >= 0.6 is 11.8 Å². The first kappa shape index (κ1) is 11.2. The molecule has 0 aliphatic carbocycles. The van der Waals surface area contributed by atoms with Crippen LogP contribution in [0.1, 0.15) is 10.4 Å². The first-order valence-electron chi connectivity index (χ1n) is 3.79. The molecule has 0 amide bonds. The fourth-order valence-corrected chi connectivity index (χ4v) is 1.73. The second kappa shape index (κ2) is 4.59. The van der Waals surface area contributed by atoms with Gasteiger partial charge in [-0.25, -0.2) is 4.39 Å². The molecule has 0 bridgehead atoms. The minimum atomic E-state index is -1.86. The molecule has 1 aromatic carbocycles. The molecule has 0 atom stereocenters. The monoisotopic (exact) mass is 214 g/mol. The van der Waals surface area contributed by atoms with E-state index in [2.05, 4.69) is 0 Å². The lowest BCUT2D eigenvalue weighted by Crippen LogP contribution is -2.33. The van der Waals surface area contributed by atoms with Crippen LogP contribution in [0, 0.1) is 5.82 Å². The van der Waals surface area contributed by atoms with E-state index >= 15 is 0 Å². The zero-order valence-electron chi connectivity index (χ0n) is 7.40. The van der Waals surface area contributed by atoms with Crippen molar-refractivity contribution in [1.82, 2.24) is 0 Å². The van der Waals surface area contributed by atoms with E-state index in [1.54, 1.807) is 6.26 Å². The highest BCUT2D eigenvalue weighted by Gasteiger charge is 2.20. The van der Waals surface area contributed by atoms with Crippen molar-refractivity contribution in [2.45, 2.75) is 4.90 Å². The molecule has 0 aliphatic rings. The van der Waals surface area contributed by atoms with Crippen molar-refractivity contribution in [3.63, 3.8) is 0 Å². The third-order valence-electron chi connectivity index (χ3n) is 1.77. The van der Waals surface area contributed by atoms with Crippen molar-refractivity contribution in [1.29, 1.82) is 0 Å². The third kappa shape index (κ3) is 1.97. The predicted molar refractivity (Wildman–Crippen MR) is 53.4 cm³/mol. The maximum Gasteiger partial charge on any atom is 0.491 e. The Morgan fingerprint density at radius 1 is 1.50 bits per heavy atom. The largest absolute Gasteiger partial charge is 0.491 e. The quantitative estimate of drug-likeness (QED) is 0.423. The number of carbonyl (C=O) groups is 1.